The second kappa shape index (κ2) is 4.59. The van der Waals surface area contributed by atoms with Crippen LogP contribution in [0.15, 0.2) is 0 Å². The molecule has 0 aromatic carbocycles. The molecule has 0 aromatic heterocycles. The predicted molar refractivity (Wildman–Crippen MR) is 55.8 cm³/mol. The van der Waals surface area contributed by atoms with Crippen molar-refractivity contribution < 1.29 is 24.5 Å². The Morgan fingerprint density at radius 3 is 2.82 bits per heavy atom. The standard InChI is InChI=1S/C10H16N2O5/c1-5-3-12(10(16)11-9(5)15)8-2-6(14)7(4-13)17-8/h5-8,13-14H,2-4H2,1H3,(H,11,15,16)/t5-,6-,7+,8-/m0/s1. The zero-order chi connectivity index (χ0) is 12.6. The Balaban J connectivity index is 2.03. The molecule has 0 radical (unpaired) electrons. The third-order valence-corrected chi connectivity index (χ3v) is 3.14. The van der Waals surface area contributed by atoms with Crippen molar-refractivity contribution in [1.29, 1.82) is 0 Å². The topological polar surface area (TPSA) is 99.1 Å². The molecule has 7 heteroatoms. The second-order valence-electron chi connectivity index (χ2n) is 4.46. The van der Waals surface area contributed by atoms with Gasteiger partial charge in [0.15, 0.2) is 0 Å². The van der Waals surface area contributed by atoms with Gasteiger partial charge >= 0.3 is 6.03 Å². The Bertz CT molecular complexity index is 335. The minimum absolute atomic E-state index is 0.250. The van der Waals surface area contributed by atoms with Gasteiger partial charge in [0.25, 0.3) is 0 Å². The molecule has 2 aliphatic rings. The number of imide groups is 1. The van der Waals surface area contributed by atoms with Crippen molar-refractivity contribution in [2.75, 3.05) is 13.2 Å². The molecule has 2 aliphatic heterocycles. The van der Waals surface area contributed by atoms with Gasteiger partial charge in [-0.2, -0.15) is 0 Å². The van der Waals surface area contributed by atoms with Crippen LogP contribution in [0.4, 0.5) is 4.79 Å². The number of hydrogen-bond acceptors (Lipinski definition) is 5. The van der Waals surface area contributed by atoms with Gasteiger partial charge in [0.2, 0.25) is 5.91 Å². The maximum Gasteiger partial charge on any atom is 0.326 e. The van der Waals surface area contributed by atoms with Crippen LogP contribution in [0.1, 0.15) is 13.3 Å². The highest BCUT2D eigenvalue weighted by Crippen LogP contribution is 2.25. The van der Waals surface area contributed by atoms with Crippen LogP contribution < -0.4 is 5.32 Å². The Morgan fingerprint density at radius 1 is 1.53 bits per heavy atom. The second-order valence-corrected chi connectivity index (χ2v) is 4.46. The number of hydrogen-bond donors (Lipinski definition) is 3. The van der Waals surface area contributed by atoms with E-state index in [0.29, 0.717) is 0 Å². The van der Waals surface area contributed by atoms with Crippen molar-refractivity contribution in [1.82, 2.24) is 10.2 Å². The number of rotatable bonds is 2. The fourth-order valence-corrected chi connectivity index (χ4v) is 2.08. The molecule has 0 unspecified atom stereocenters. The zero-order valence-corrected chi connectivity index (χ0v) is 9.50. The summed E-state index contributed by atoms with van der Waals surface area (Å²) in [5.41, 5.74) is 0. The molecule has 2 rings (SSSR count). The first-order valence-corrected chi connectivity index (χ1v) is 5.58. The highest BCUT2D eigenvalue weighted by Gasteiger charge is 2.41. The molecule has 0 aromatic rings. The fraction of sp³-hybridized carbons (Fsp3) is 0.800. The van der Waals surface area contributed by atoms with Gasteiger partial charge in [0.1, 0.15) is 12.3 Å². The maximum absolute atomic E-state index is 11.6. The zero-order valence-electron chi connectivity index (χ0n) is 9.50. The summed E-state index contributed by atoms with van der Waals surface area (Å²) in [5.74, 6) is -0.606. The van der Waals surface area contributed by atoms with Gasteiger partial charge in [-0.05, 0) is 0 Å². The Morgan fingerprint density at radius 2 is 2.24 bits per heavy atom. The maximum atomic E-state index is 11.6. The molecule has 0 spiro atoms. The van der Waals surface area contributed by atoms with Crippen LogP contribution in [-0.4, -0.2) is 58.6 Å². The lowest BCUT2D eigenvalue weighted by Crippen LogP contribution is -2.57. The minimum atomic E-state index is -0.786. The summed E-state index contributed by atoms with van der Waals surface area (Å²) in [7, 11) is 0. The normalized spacial score (nSPS) is 38.4. The largest absolute Gasteiger partial charge is 0.394 e. The summed E-state index contributed by atoms with van der Waals surface area (Å²) in [5, 5.41) is 20.8. The lowest BCUT2D eigenvalue weighted by atomic mass is 10.1. The van der Waals surface area contributed by atoms with E-state index in [2.05, 4.69) is 5.32 Å². The summed E-state index contributed by atoms with van der Waals surface area (Å²) < 4.78 is 5.37. The van der Waals surface area contributed by atoms with Gasteiger partial charge in [-0.25, -0.2) is 4.79 Å². The average Bonchev–Trinajstić information content (AvgIpc) is 2.65. The number of aliphatic hydroxyl groups is 2. The van der Waals surface area contributed by atoms with Gasteiger partial charge in [-0.3, -0.25) is 15.0 Å². The van der Waals surface area contributed by atoms with E-state index in [0.717, 1.165) is 0 Å². The van der Waals surface area contributed by atoms with Crippen molar-refractivity contribution in [3.05, 3.63) is 0 Å². The Kier molecular flexibility index (Phi) is 3.32. The van der Waals surface area contributed by atoms with E-state index in [9.17, 15) is 14.7 Å². The minimum Gasteiger partial charge on any atom is -0.394 e. The summed E-state index contributed by atoms with van der Waals surface area (Å²) in [6.45, 7) is 1.69. The Labute approximate surface area is 98.3 Å². The van der Waals surface area contributed by atoms with Crippen molar-refractivity contribution in [3.8, 4) is 0 Å². The van der Waals surface area contributed by atoms with Gasteiger partial charge in [0.05, 0.1) is 18.6 Å². The molecular formula is C10H16N2O5. The first-order valence-electron chi connectivity index (χ1n) is 5.58. The molecule has 0 saturated carbocycles. The molecule has 0 bridgehead atoms. The molecule has 17 heavy (non-hydrogen) atoms. The van der Waals surface area contributed by atoms with E-state index >= 15 is 0 Å². The van der Waals surface area contributed by atoms with E-state index in [1.165, 1.54) is 4.90 Å². The molecule has 2 saturated heterocycles. The predicted octanol–water partition coefficient (Wildman–Crippen LogP) is -1.36. The van der Waals surface area contributed by atoms with Crippen LogP contribution in [0.5, 0.6) is 0 Å². The Hall–Kier alpha value is -1.18. The lowest BCUT2D eigenvalue weighted by molar-refractivity contribution is -0.128. The molecule has 96 valence electrons. The smallest absolute Gasteiger partial charge is 0.326 e. The van der Waals surface area contributed by atoms with Gasteiger partial charge in [0, 0.05) is 13.0 Å². The van der Waals surface area contributed by atoms with E-state index in [-0.39, 0.29) is 31.4 Å². The van der Waals surface area contributed by atoms with Crippen molar-refractivity contribution >= 4 is 11.9 Å². The van der Waals surface area contributed by atoms with E-state index in [4.69, 9.17) is 9.84 Å². The van der Waals surface area contributed by atoms with Crippen LogP contribution >= 0.6 is 0 Å². The first-order chi connectivity index (χ1) is 8.02. The monoisotopic (exact) mass is 244 g/mol. The SMILES string of the molecule is C[C@H]1CN([C@@H]2C[C@H](O)[C@@H](CO)O2)C(=O)NC1=O. The van der Waals surface area contributed by atoms with E-state index in [1.807, 2.05) is 0 Å². The third-order valence-electron chi connectivity index (χ3n) is 3.14. The molecule has 3 N–H and O–H groups in total. The van der Waals surface area contributed by atoms with Crippen LogP contribution in [0.25, 0.3) is 0 Å². The molecule has 4 atom stereocenters. The number of nitrogens with zero attached hydrogens (tertiary/aromatic N) is 1. The van der Waals surface area contributed by atoms with Gasteiger partial charge < -0.3 is 14.9 Å². The number of aliphatic hydroxyl groups excluding tert-OH is 2. The highest BCUT2D eigenvalue weighted by molar-refractivity contribution is 5.97. The molecule has 0 aliphatic carbocycles. The molecular weight excluding hydrogens is 228 g/mol. The van der Waals surface area contributed by atoms with Gasteiger partial charge in [-0.15, -0.1) is 0 Å². The van der Waals surface area contributed by atoms with Crippen molar-refractivity contribution in [3.63, 3.8) is 0 Å². The van der Waals surface area contributed by atoms with Crippen LogP contribution in [-0.2, 0) is 9.53 Å². The third kappa shape index (κ3) is 2.26. The number of carbonyl (C=O) groups is 2. The summed E-state index contributed by atoms with van der Waals surface area (Å²) in [4.78, 5) is 24.2. The number of carbonyl (C=O) groups excluding carboxylic acids is 2. The molecule has 7 nitrogen and oxygen atoms in total. The van der Waals surface area contributed by atoms with E-state index < -0.39 is 24.5 Å². The number of amides is 3. The van der Waals surface area contributed by atoms with Crippen molar-refractivity contribution in [2.45, 2.75) is 31.8 Å². The summed E-state index contributed by atoms with van der Waals surface area (Å²) in [6, 6.07) is -0.510. The number of nitrogens with one attached hydrogen (secondary N) is 1. The summed E-state index contributed by atoms with van der Waals surface area (Å²) in [6.07, 6.45) is -1.79. The van der Waals surface area contributed by atoms with Crippen LogP contribution in [0.3, 0.4) is 0 Å². The van der Waals surface area contributed by atoms with Crippen molar-refractivity contribution in [2.24, 2.45) is 5.92 Å². The van der Waals surface area contributed by atoms with E-state index in [1.54, 1.807) is 6.92 Å². The lowest BCUT2D eigenvalue weighted by Gasteiger charge is -2.34. The molecule has 2 fully saturated rings. The number of urea groups is 1. The average molecular weight is 244 g/mol. The van der Waals surface area contributed by atoms with Crippen LogP contribution in [0.2, 0.25) is 0 Å². The summed E-state index contributed by atoms with van der Waals surface area (Å²) >= 11 is 0. The molecule has 3 amide bonds. The first kappa shape index (κ1) is 12.3. The quantitative estimate of drug-likeness (QED) is 0.557. The van der Waals surface area contributed by atoms with Crippen LogP contribution in [0, 0.1) is 5.92 Å². The highest BCUT2D eigenvalue weighted by atomic mass is 16.5. The number of ether oxygens (including phenoxy) is 1. The fourth-order valence-electron chi connectivity index (χ4n) is 2.08. The molecule has 2 heterocycles. The van der Waals surface area contributed by atoms with Gasteiger partial charge in [-0.1, -0.05) is 6.92 Å².